The van der Waals surface area contributed by atoms with Crippen LogP contribution in [-0.2, 0) is 15.8 Å². The number of carbonyl (C=O) groups excluding carboxylic acids is 2. The van der Waals surface area contributed by atoms with E-state index in [0.717, 1.165) is 43.8 Å². The van der Waals surface area contributed by atoms with E-state index in [0.29, 0.717) is 6.42 Å². The van der Waals surface area contributed by atoms with Gasteiger partial charge in [-0.25, -0.2) is 4.39 Å². The maximum absolute atomic E-state index is 13.7. The zero-order valence-electron chi connectivity index (χ0n) is 18.9. The number of anilines is 1. The van der Waals surface area contributed by atoms with Gasteiger partial charge in [-0.1, -0.05) is 29.5 Å². The van der Waals surface area contributed by atoms with E-state index in [9.17, 15) is 31.9 Å². The minimum atomic E-state index is -4.60. The number of nitrogens with one attached hydrogen (secondary N) is 1. The van der Waals surface area contributed by atoms with Crippen molar-refractivity contribution in [2.24, 2.45) is 29.6 Å². The first-order valence-electron chi connectivity index (χ1n) is 11.8. The van der Waals surface area contributed by atoms with Gasteiger partial charge in [0.25, 0.3) is 0 Å². The van der Waals surface area contributed by atoms with Gasteiger partial charge >= 0.3 is 11.0 Å². The summed E-state index contributed by atoms with van der Waals surface area (Å²) in [5.41, 5.74) is -0.142. The molecule has 7 atom stereocenters. The fourth-order valence-electron chi connectivity index (χ4n) is 7.14. The summed E-state index contributed by atoms with van der Waals surface area (Å²) in [6, 6.07) is 10.5. The van der Waals surface area contributed by atoms with Crippen LogP contribution in [0.15, 0.2) is 58.4 Å². The molecule has 2 bridgehead atoms. The van der Waals surface area contributed by atoms with E-state index < -0.39 is 35.4 Å². The van der Waals surface area contributed by atoms with E-state index >= 15 is 0 Å². The van der Waals surface area contributed by atoms with Crippen LogP contribution >= 0.6 is 23.1 Å². The Kier molecular flexibility index (Phi) is 4.89. The predicted molar refractivity (Wildman–Crippen MR) is 129 cm³/mol. The largest absolute Gasteiger partial charge is 0.416 e. The van der Waals surface area contributed by atoms with Gasteiger partial charge in [0.05, 0.1) is 28.1 Å². The summed E-state index contributed by atoms with van der Waals surface area (Å²) in [7, 11) is 0. The average Bonchev–Trinajstić information content (AvgIpc) is 3.58. The number of thiazole rings is 1. The Morgan fingerprint density at radius 2 is 1.65 bits per heavy atom. The number of fused-ring (bicyclic) bond motifs is 9. The summed E-state index contributed by atoms with van der Waals surface area (Å²) in [5.74, 6) is -3.19. The molecule has 4 aliphatic rings. The lowest BCUT2D eigenvalue weighted by Gasteiger charge is -2.43. The van der Waals surface area contributed by atoms with Crippen LogP contribution in [0.1, 0.15) is 28.3 Å². The Morgan fingerprint density at radius 1 is 0.946 bits per heavy atom. The van der Waals surface area contributed by atoms with E-state index in [1.807, 2.05) is 0 Å². The first-order chi connectivity index (χ1) is 17.6. The van der Waals surface area contributed by atoms with Crippen LogP contribution in [0.4, 0.5) is 23.2 Å². The Hall–Kier alpha value is -2.92. The quantitative estimate of drug-likeness (QED) is 0.351. The van der Waals surface area contributed by atoms with Gasteiger partial charge in [-0.2, -0.15) is 13.2 Å². The maximum Gasteiger partial charge on any atom is 0.416 e. The van der Waals surface area contributed by atoms with Gasteiger partial charge in [0.15, 0.2) is 0 Å². The normalized spacial score (nSPS) is 32.0. The van der Waals surface area contributed by atoms with Crippen LogP contribution in [0.25, 0.3) is 0 Å². The molecule has 11 heteroatoms. The SMILES string of the molecule is O=C1[C@@H]2[C@H]3C[C@@H]([C@@H]4Sc5[nH]c(=O)sc5[C@H](c5ccc(F)cc5)[C@H]34)[C@H]2C(=O)N1c1cccc(C(F)(F)F)c1. The third-order valence-electron chi connectivity index (χ3n) is 8.38. The van der Waals surface area contributed by atoms with Gasteiger partial charge in [-0.05, 0) is 60.1 Å². The molecule has 1 N–H and O–H groups in total. The zero-order valence-corrected chi connectivity index (χ0v) is 20.5. The Labute approximate surface area is 215 Å². The lowest BCUT2D eigenvalue weighted by molar-refractivity contribution is -0.137. The number of benzene rings is 2. The molecule has 3 aromatic rings. The van der Waals surface area contributed by atoms with E-state index in [-0.39, 0.29) is 45.3 Å². The van der Waals surface area contributed by atoms with Gasteiger partial charge in [-0.15, -0.1) is 11.8 Å². The number of rotatable bonds is 2. The van der Waals surface area contributed by atoms with Gasteiger partial charge in [0.2, 0.25) is 11.8 Å². The molecular formula is C26H18F4N2O3S2. The molecular weight excluding hydrogens is 528 g/mol. The van der Waals surface area contributed by atoms with Crippen LogP contribution in [0.3, 0.4) is 0 Å². The highest BCUT2D eigenvalue weighted by molar-refractivity contribution is 8.00. The number of hydrogen-bond donors (Lipinski definition) is 1. The standard InChI is InChI=1S/C26H18F4N2O3S2/c27-12-6-4-10(5-7-12)16-17-14-9-15(20(17)36-22-21(16)37-25(35)31-22)19-18(14)23(33)32(24(19)34)13-3-1-2-11(8-13)26(28,29)30/h1-8,14-20H,9H2,(H,31,35)/t14-,15+,16+,17-,18+,19+,20-/m0/s1. The molecule has 2 aliphatic heterocycles. The molecule has 2 saturated carbocycles. The number of carbonyl (C=O) groups is 2. The number of imide groups is 1. The number of halogens is 4. The number of amides is 2. The summed E-state index contributed by atoms with van der Waals surface area (Å²) in [5, 5.41) is 0.679. The number of aromatic nitrogens is 1. The number of hydrogen-bond acceptors (Lipinski definition) is 5. The molecule has 190 valence electrons. The highest BCUT2D eigenvalue weighted by Gasteiger charge is 2.69. The molecule has 2 aliphatic carbocycles. The van der Waals surface area contributed by atoms with Crippen LogP contribution in [0.2, 0.25) is 0 Å². The second kappa shape index (κ2) is 7.80. The molecule has 3 heterocycles. The van der Waals surface area contributed by atoms with Crippen LogP contribution in [0, 0.1) is 35.4 Å². The fourth-order valence-corrected chi connectivity index (χ4v) is 10.0. The first kappa shape index (κ1) is 23.2. The molecule has 2 aromatic carbocycles. The Balaban J connectivity index is 1.30. The van der Waals surface area contributed by atoms with E-state index in [1.165, 1.54) is 36.0 Å². The predicted octanol–water partition coefficient (Wildman–Crippen LogP) is 5.27. The van der Waals surface area contributed by atoms with Crippen LogP contribution < -0.4 is 9.77 Å². The highest BCUT2D eigenvalue weighted by atomic mass is 32.2. The number of alkyl halides is 3. The van der Waals surface area contributed by atoms with Crippen molar-refractivity contribution in [3.05, 3.63) is 80.0 Å². The van der Waals surface area contributed by atoms with Gasteiger partial charge in [0.1, 0.15) is 5.82 Å². The van der Waals surface area contributed by atoms with Crippen molar-refractivity contribution in [3.8, 4) is 0 Å². The molecule has 37 heavy (non-hydrogen) atoms. The zero-order chi connectivity index (χ0) is 25.8. The van der Waals surface area contributed by atoms with Gasteiger partial charge in [0, 0.05) is 16.0 Å². The van der Waals surface area contributed by atoms with E-state index in [2.05, 4.69) is 4.98 Å². The molecule has 3 fully saturated rings. The second-order valence-electron chi connectivity index (χ2n) is 10.1. The first-order valence-corrected chi connectivity index (χ1v) is 13.5. The van der Waals surface area contributed by atoms with Crippen molar-refractivity contribution in [2.45, 2.75) is 28.8 Å². The molecule has 1 saturated heterocycles. The third kappa shape index (κ3) is 3.26. The summed E-state index contributed by atoms with van der Waals surface area (Å²) >= 11 is 2.63. The summed E-state index contributed by atoms with van der Waals surface area (Å²) in [6.45, 7) is 0. The molecule has 1 aromatic heterocycles. The number of nitrogens with zero attached hydrogens (tertiary/aromatic N) is 1. The van der Waals surface area contributed by atoms with Crippen LogP contribution in [0.5, 0.6) is 0 Å². The van der Waals surface area contributed by atoms with Crippen molar-refractivity contribution in [1.82, 2.24) is 4.98 Å². The van der Waals surface area contributed by atoms with Crippen molar-refractivity contribution >= 4 is 40.6 Å². The number of H-pyrrole nitrogens is 1. The fraction of sp³-hybridized carbons (Fsp3) is 0.346. The second-order valence-corrected chi connectivity index (χ2v) is 12.3. The smallest absolute Gasteiger partial charge is 0.307 e. The molecule has 0 spiro atoms. The van der Waals surface area contributed by atoms with Crippen molar-refractivity contribution < 1.29 is 27.2 Å². The molecule has 0 unspecified atom stereocenters. The minimum absolute atomic E-state index is 0.0581. The molecule has 5 nitrogen and oxygen atoms in total. The van der Waals surface area contributed by atoms with Crippen LogP contribution in [-0.4, -0.2) is 22.0 Å². The average molecular weight is 547 g/mol. The number of thioether (sulfide) groups is 1. The topological polar surface area (TPSA) is 70.2 Å². The summed E-state index contributed by atoms with van der Waals surface area (Å²) in [6.07, 6.45) is -3.94. The van der Waals surface area contributed by atoms with Crippen molar-refractivity contribution in [1.29, 1.82) is 0 Å². The van der Waals surface area contributed by atoms with E-state index in [1.54, 1.807) is 12.1 Å². The summed E-state index contributed by atoms with van der Waals surface area (Å²) < 4.78 is 53.7. The van der Waals surface area contributed by atoms with Gasteiger partial charge in [-0.3, -0.25) is 19.3 Å². The Bertz CT molecular complexity index is 1510. The monoisotopic (exact) mass is 546 g/mol. The molecule has 2 amide bonds. The maximum atomic E-state index is 13.7. The van der Waals surface area contributed by atoms with Gasteiger partial charge < -0.3 is 4.98 Å². The third-order valence-corrected chi connectivity index (χ3v) is 11.0. The van der Waals surface area contributed by atoms with Crippen molar-refractivity contribution in [2.75, 3.05) is 4.90 Å². The lowest BCUT2D eigenvalue weighted by Crippen LogP contribution is -2.42. The van der Waals surface area contributed by atoms with Crippen molar-refractivity contribution in [3.63, 3.8) is 0 Å². The molecule has 0 radical (unpaired) electrons. The minimum Gasteiger partial charge on any atom is -0.307 e. The highest BCUT2D eigenvalue weighted by Crippen LogP contribution is 2.68. The van der Waals surface area contributed by atoms with E-state index in [4.69, 9.17) is 0 Å². The summed E-state index contributed by atoms with van der Waals surface area (Å²) in [4.78, 5) is 44.0. The lowest BCUT2D eigenvalue weighted by atomic mass is 9.68. The Morgan fingerprint density at radius 3 is 2.35 bits per heavy atom. The number of aromatic amines is 1. The molecule has 7 rings (SSSR count).